The molecule has 98 valence electrons. The van der Waals surface area contributed by atoms with Gasteiger partial charge in [0.15, 0.2) is 0 Å². The number of hydrogen-bond acceptors (Lipinski definition) is 2. The van der Waals surface area contributed by atoms with Crippen molar-refractivity contribution in [2.75, 3.05) is 6.54 Å². The van der Waals surface area contributed by atoms with Crippen LogP contribution in [0.5, 0.6) is 0 Å². The molecule has 4 heteroatoms. The summed E-state index contributed by atoms with van der Waals surface area (Å²) in [4.78, 5) is 22.2. The van der Waals surface area contributed by atoms with Crippen molar-refractivity contribution < 1.29 is 14.7 Å². The second-order valence-electron chi connectivity index (χ2n) is 5.83. The molecule has 1 fully saturated rings. The van der Waals surface area contributed by atoms with Gasteiger partial charge in [0.1, 0.15) is 0 Å². The predicted octanol–water partition coefficient (Wildman–Crippen LogP) is 2.04. The van der Waals surface area contributed by atoms with Crippen molar-refractivity contribution in [1.29, 1.82) is 0 Å². The van der Waals surface area contributed by atoms with Crippen molar-refractivity contribution in [3.8, 4) is 0 Å². The number of nitrogens with one attached hydrogen (secondary N) is 1. The molecule has 0 heterocycles. The highest BCUT2D eigenvalue weighted by atomic mass is 16.4. The Hall–Kier alpha value is -1.06. The lowest BCUT2D eigenvalue weighted by molar-refractivity contribution is -0.140. The summed E-state index contributed by atoms with van der Waals surface area (Å²) >= 11 is 0. The summed E-state index contributed by atoms with van der Waals surface area (Å²) in [5, 5.41) is 11.5. The molecule has 1 unspecified atom stereocenters. The van der Waals surface area contributed by atoms with Gasteiger partial charge in [-0.25, -0.2) is 0 Å². The van der Waals surface area contributed by atoms with Crippen LogP contribution < -0.4 is 5.32 Å². The van der Waals surface area contributed by atoms with E-state index in [1.807, 2.05) is 0 Å². The molecule has 1 atom stereocenters. The molecule has 0 spiro atoms. The maximum absolute atomic E-state index is 11.7. The summed E-state index contributed by atoms with van der Waals surface area (Å²) in [6, 6.07) is 0. The van der Waals surface area contributed by atoms with E-state index in [2.05, 4.69) is 19.2 Å². The number of carboxylic acid groups (broad SMARTS) is 1. The lowest BCUT2D eigenvalue weighted by Crippen LogP contribution is -2.42. The van der Waals surface area contributed by atoms with Crippen LogP contribution in [0.25, 0.3) is 0 Å². The van der Waals surface area contributed by atoms with Gasteiger partial charge >= 0.3 is 5.97 Å². The molecular weight excluding hydrogens is 218 g/mol. The first-order chi connectivity index (χ1) is 7.83. The Morgan fingerprint density at radius 1 is 1.41 bits per heavy atom. The van der Waals surface area contributed by atoms with Crippen molar-refractivity contribution in [1.82, 2.24) is 5.32 Å². The molecule has 1 saturated carbocycles. The van der Waals surface area contributed by atoms with Gasteiger partial charge in [-0.15, -0.1) is 0 Å². The lowest BCUT2D eigenvalue weighted by Gasteiger charge is -2.40. The zero-order valence-corrected chi connectivity index (χ0v) is 11.0. The van der Waals surface area contributed by atoms with Crippen molar-refractivity contribution in [3.63, 3.8) is 0 Å². The molecule has 1 amide bonds. The van der Waals surface area contributed by atoms with Gasteiger partial charge in [-0.2, -0.15) is 0 Å². The molecule has 0 aromatic heterocycles. The number of rotatable bonds is 6. The topological polar surface area (TPSA) is 66.4 Å². The first-order valence-electron chi connectivity index (χ1n) is 6.32. The Kier molecular flexibility index (Phi) is 4.54. The SMILES string of the molecule is CC(CC(=O)O)C(=O)NCC(C)(C)C1CCC1. The van der Waals surface area contributed by atoms with Crippen LogP contribution in [-0.2, 0) is 9.59 Å². The van der Waals surface area contributed by atoms with E-state index in [9.17, 15) is 9.59 Å². The largest absolute Gasteiger partial charge is 0.481 e. The van der Waals surface area contributed by atoms with Crippen LogP contribution in [-0.4, -0.2) is 23.5 Å². The monoisotopic (exact) mass is 241 g/mol. The third kappa shape index (κ3) is 4.02. The molecule has 17 heavy (non-hydrogen) atoms. The van der Waals surface area contributed by atoms with Crippen molar-refractivity contribution in [2.45, 2.75) is 46.5 Å². The lowest BCUT2D eigenvalue weighted by atomic mass is 9.67. The molecule has 0 saturated heterocycles. The fourth-order valence-electron chi connectivity index (χ4n) is 2.18. The minimum Gasteiger partial charge on any atom is -0.481 e. The van der Waals surface area contributed by atoms with E-state index in [4.69, 9.17) is 5.11 Å². The average Bonchev–Trinajstić information content (AvgIpc) is 2.09. The van der Waals surface area contributed by atoms with Crippen molar-refractivity contribution >= 4 is 11.9 Å². The zero-order valence-electron chi connectivity index (χ0n) is 11.0. The van der Waals surface area contributed by atoms with E-state index in [1.165, 1.54) is 19.3 Å². The Bertz CT molecular complexity index is 295. The predicted molar refractivity (Wildman–Crippen MR) is 65.5 cm³/mol. The number of amides is 1. The molecule has 1 rings (SSSR count). The third-order valence-electron chi connectivity index (χ3n) is 3.86. The summed E-state index contributed by atoms with van der Waals surface area (Å²) in [7, 11) is 0. The standard InChI is InChI=1S/C13H23NO3/c1-9(7-11(15)16)12(17)14-8-13(2,3)10-5-4-6-10/h9-10H,4-8H2,1-3H3,(H,14,17)(H,15,16). The van der Waals surface area contributed by atoms with Gasteiger partial charge in [-0.3, -0.25) is 9.59 Å². The smallest absolute Gasteiger partial charge is 0.304 e. The van der Waals surface area contributed by atoms with Crippen LogP contribution >= 0.6 is 0 Å². The van der Waals surface area contributed by atoms with E-state index in [0.29, 0.717) is 12.5 Å². The number of aliphatic carboxylic acids is 1. The molecule has 1 aliphatic rings. The molecule has 4 nitrogen and oxygen atoms in total. The number of carbonyl (C=O) groups excluding carboxylic acids is 1. The minimum atomic E-state index is -0.925. The summed E-state index contributed by atoms with van der Waals surface area (Å²) in [6.07, 6.45) is 3.67. The van der Waals surface area contributed by atoms with Gasteiger partial charge in [0.2, 0.25) is 5.91 Å². The Labute approximate surface area is 103 Å². The maximum Gasteiger partial charge on any atom is 0.304 e. The van der Waals surface area contributed by atoms with Gasteiger partial charge in [0, 0.05) is 12.5 Å². The third-order valence-corrected chi connectivity index (χ3v) is 3.86. The average molecular weight is 241 g/mol. The minimum absolute atomic E-state index is 0.101. The van der Waals surface area contributed by atoms with Crippen LogP contribution in [0.1, 0.15) is 46.5 Å². The number of carboxylic acids is 1. The molecule has 0 radical (unpaired) electrons. The first kappa shape index (κ1) is 14.0. The summed E-state index contributed by atoms with van der Waals surface area (Å²) < 4.78 is 0. The second-order valence-corrected chi connectivity index (χ2v) is 5.83. The fourth-order valence-corrected chi connectivity index (χ4v) is 2.18. The van der Waals surface area contributed by atoms with Crippen LogP contribution in [0.3, 0.4) is 0 Å². The Balaban J connectivity index is 2.33. The molecule has 0 bridgehead atoms. The maximum atomic E-state index is 11.7. The molecule has 0 aromatic rings. The summed E-state index contributed by atoms with van der Waals surface area (Å²) in [5.74, 6) is -0.840. The van der Waals surface area contributed by atoms with E-state index in [-0.39, 0.29) is 17.7 Å². The Morgan fingerprint density at radius 3 is 2.41 bits per heavy atom. The molecule has 0 aromatic carbocycles. The highest BCUT2D eigenvalue weighted by Crippen LogP contribution is 2.41. The van der Waals surface area contributed by atoms with E-state index < -0.39 is 11.9 Å². The normalized spacial score (nSPS) is 18.3. The van der Waals surface area contributed by atoms with Crippen molar-refractivity contribution in [3.05, 3.63) is 0 Å². The van der Waals surface area contributed by atoms with E-state index in [0.717, 1.165) is 0 Å². The van der Waals surface area contributed by atoms with Gasteiger partial charge < -0.3 is 10.4 Å². The van der Waals surface area contributed by atoms with Crippen LogP contribution in [0.4, 0.5) is 0 Å². The van der Waals surface area contributed by atoms with Crippen molar-refractivity contribution in [2.24, 2.45) is 17.3 Å². The van der Waals surface area contributed by atoms with Gasteiger partial charge in [0.25, 0.3) is 0 Å². The summed E-state index contributed by atoms with van der Waals surface area (Å²) in [5.41, 5.74) is 0.122. The summed E-state index contributed by atoms with van der Waals surface area (Å²) in [6.45, 7) is 6.62. The van der Waals surface area contributed by atoms with E-state index in [1.54, 1.807) is 6.92 Å². The number of carbonyl (C=O) groups is 2. The van der Waals surface area contributed by atoms with Gasteiger partial charge in [-0.1, -0.05) is 27.2 Å². The Morgan fingerprint density at radius 2 is 2.00 bits per heavy atom. The van der Waals surface area contributed by atoms with Crippen LogP contribution in [0.2, 0.25) is 0 Å². The first-order valence-corrected chi connectivity index (χ1v) is 6.32. The fraction of sp³-hybridized carbons (Fsp3) is 0.846. The number of hydrogen-bond donors (Lipinski definition) is 2. The van der Waals surface area contributed by atoms with Gasteiger partial charge in [-0.05, 0) is 24.2 Å². The van der Waals surface area contributed by atoms with E-state index >= 15 is 0 Å². The zero-order chi connectivity index (χ0) is 13.1. The van der Waals surface area contributed by atoms with Crippen LogP contribution in [0, 0.1) is 17.3 Å². The van der Waals surface area contributed by atoms with Crippen LogP contribution in [0.15, 0.2) is 0 Å². The molecular formula is C13H23NO3. The molecule has 2 N–H and O–H groups in total. The highest BCUT2D eigenvalue weighted by Gasteiger charge is 2.34. The molecule has 1 aliphatic carbocycles. The van der Waals surface area contributed by atoms with Gasteiger partial charge in [0.05, 0.1) is 6.42 Å². The highest BCUT2D eigenvalue weighted by molar-refractivity contribution is 5.82. The quantitative estimate of drug-likeness (QED) is 0.748. The molecule has 0 aliphatic heterocycles. The second kappa shape index (κ2) is 5.52.